The first-order valence-corrected chi connectivity index (χ1v) is 18.1. The Kier molecular flexibility index (Phi) is 7.04. The van der Waals surface area contributed by atoms with Gasteiger partial charge in [0.15, 0.2) is 0 Å². The molecule has 240 valence electrons. The first-order chi connectivity index (χ1) is 25.3. The summed E-state index contributed by atoms with van der Waals surface area (Å²) in [6.07, 6.45) is 0. The van der Waals surface area contributed by atoms with Gasteiger partial charge in [0.25, 0.3) is 0 Å². The number of benzene rings is 8. The second kappa shape index (κ2) is 12.2. The molecule has 10 rings (SSSR count). The molecular weight excluding hydrogens is 639 g/mol. The maximum absolute atomic E-state index is 6.91. The van der Waals surface area contributed by atoms with E-state index in [1.807, 2.05) is 11.3 Å². The molecule has 0 saturated heterocycles. The molecule has 0 amide bonds. The molecule has 0 fully saturated rings. The molecule has 2 nitrogen and oxygen atoms in total. The molecule has 0 aliphatic rings. The van der Waals surface area contributed by atoms with Crippen molar-refractivity contribution in [3.05, 3.63) is 188 Å². The molecule has 2 aromatic heterocycles. The van der Waals surface area contributed by atoms with E-state index in [1.54, 1.807) is 0 Å². The summed E-state index contributed by atoms with van der Waals surface area (Å²) in [5, 5.41) is 4.72. The Morgan fingerprint density at radius 2 is 0.961 bits per heavy atom. The van der Waals surface area contributed by atoms with Crippen LogP contribution in [0.25, 0.3) is 75.5 Å². The van der Waals surface area contributed by atoms with E-state index in [0.717, 1.165) is 55.7 Å². The Labute approximate surface area is 300 Å². The van der Waals surface area contributed by atoms with E-state index in [4.69, 9.17) is 4.42 Å². The van der Waals surface area contributed by atoms with Crippen LogP contribution in [-0.4, -0.2) is 0 Å². The van der Waals surface area contributed by atoms with Gasteiger partial charge < -0.3 is 9.32 Å². The Morgan fingerprint density at radius 3 is 1.65 bits per heavy atom. The Hall–Kier alpha value is -6.42. The van der Waals surface area contributed by atoms with Crippen LogP contribution in [-0.2, 0) is 0 Å². The van der Waals surface area contributed by atoms with Crippen molar-refractivity contribution in [3.63, 3.8) is 0 Å². The van der Waals surface area contributed by atoms with Crippen LogP contribution in [0.4, 0.5) is 17.1 Å². The van der Waals surface area contributed by atoms with Gasteiger partial charge in [-0.2, -0.15) is 0 Å². The van der Waals surface area contributed by atoms with Gasteiger partial charge in [0, 0.05) is 42.5 Å². The predicted molar refractivity (Wildman–Crippen MR) is 218 cm³/mol. The van der Waals surface area contributed by atoms with E-state index in [-0.39, 0.29) is 0 Å². The number of anilines is 3. The number of hydrogen-bond acceptors (Lipinski definition) is 3. The van der Waals surface area contributed by atoms with E-state index in [1.165, 1.54) is 36.9 Å². The zero-order chi connectivity index (χ0) is 33.7. The number of fused-ring (bicyclic) bond motifs is 6. The van der Waals surface area contributed by atoms with Gasteiger partial charge in [0.05, 0.1) is 11.1 Å². The molecule has 2 heterocycles. The number of nitrogens with zero attached hydrogens (tertiary/aromatic N) is 1. The topological polar surface area (TPSA) is 16.4 Å². The predicted octanol–water partition coefficient (Wildman–Crippen LogP) is 14.4. The minimum Gasteiger partial charge on any atom is -0.455 e. The van der Waals surface area contributed by atoms with Crippen molar-refractivity contribution in [2.45, 2.75) is 0 Å². The summed E-state index contributed by atoms with van der Waals surface area (Å²) in [7, 11) is 0. The Morgan fingerprint density at radius 1 is 0.392 bits per heavy atom. The summed E-state index contributed by atoms with van der Waals surface area (Å²) in [6, 6.07) is 67.3. The first kappa shape index (κ1) is 29.5. The van der Waals surface area contributed by atoms with Gasteiger partial charge in [-0.05, 0) is 94.5 Å². The maximum Gasteiger partial charge on any atom is 0.145 e. The fourth-order valence-electron chi connectivity index (χ4n) is 7.42. The van der Waals surface area contributed by atoms with Crippen molar-refractivity contribution in [3.8, 4) is 33.4 Å². The fourth-order valence-corrected chi connectivity index (χ4v) is 8.49. The van der Waals surface area contributed by atoms with E-state index in [0.29, 0.717) is 0 Å². The van der Waals surface area contributed by atoms with Crippen molar-refractivity contribution in [2.75, 3.05) is 4.90 Å². The van der Waals surface area contributed by atoms with Crippen LogP contribution >= 0.6 is 11.3 Å². The molecule has 51 heavy (non-hydrogen) atoms. The highest BCUT2D eigenvalue weighted by molar-refractivity contribution is 7.25. The lowest BCUT2D eigenvalue weighted by atomic mass is 9.98. The highest BCUT2D eigenvalue weighted by atomic mass is 32.1. The standard InChI is InChI=1S/C48H31NOS/c1-5-13-32(14-6-1)35-22-27-45-41(29-35)42-31-38(23-28-46(42)51-45)49(37-19-11-4-12-20-37)43-26-25-39(34-17-9-3-10-18-34)48-47(43)40-24-21-36(30-44(40)50-48)33-15-7-2-8-16-33/h1-31H. The van der Waals surface area contributed by atoms with Gasteiger partial charge in [-0.15, -0.1) is 11.3 Å². The fraction of sp³-hybridized carbons (Fsp3) is 0. The van der Waals surface area contributed by atoms with Gasteiger partial charge in [-0.1, -0.05) is 121 Å². The molecule has 0 bridgehead atoms. The lowest BCUT2D eigenvalue weighted by molar-refractivity contribution is 0.670. The van der Waals surface area contributed by atoms with Crippen LogP contribution in [0.3, 0.4) is 0 Å². The maximum atomic E-state index is 6.91. The van der Waals surface area contributed by atoms with Crippen LogP contribution < -0.4 is 4.90 Å². The number of thiophene rings is 1. The molecule has 8 aromatic carbocycles. The largest absolute Gasteiger partial charge is 0.455 e. The summed E-state index contributed by atoms with van der Waals surface area (Å²) in [4.78, 5) is 2.39. The van der Waals surface area contributed by atoms with Crippen LogP contribution in [0.2, 0.25) is 0 Å². The quantitative estimate of drug-likeness (QED) is 0.175. The number of hydrogen-bond donors (Lipinski definition) is 0. The molecule has 0 aliphatic carbocycles. The van der Waals surface area contributed by atoms with Gasteiger partial charge in [0.1, 0.15) is 11.2 Å². The van der Waals surface area contributed by atoms with Crippen molar-refractivity contribution >= 4 is 70.5 Å². The molecule has 0 aliphatic heterocycles. The molecular formula is C48H31NOS. The molecule has 0 atom stereocenters. The minimum atomic E-state index is 0.872. The van der Waals surface area contributed by atoms with E-state index >= 15 is 0 Å². The number of para-hydroxylation sites is 1. The highest BCUT2D eigenvalue weighted by Gasteiger charge is 2.23. The lowest BCUT2D eigenvalue weighted by Gasteiger charge is -2.26. The molecule has 0 spiro atoms. The van der Waals surface area contributed by atoms with E-state index in [9.17, 15) is 0 Å². The summed E-state index contributed by atoms with van der Waals surface area (Å²) in [5.41, 5.74) is 12.0. The van der Waals surface area contributed by atoms with Crippen LogP contribution in [0.15, 0.2) is 192 Å². The van der Waals surface area contributed by atoms with Gasteiger partial charge in [-0.3, -0.25) is 0 Å². The summed E-state index contributed by atoms with van der Waals surface area (Å²) in [5.74, 6) is 0. The second-order valence-electron chi connectivity index (χ2n) is 12.9. The number of furan rings is 1. The minimum absolute atomic E-state index is 0.872. The molecule has 3 heteroatoms. The first-order valence-electron chi connectivity index (χ1n) is 17.3. The summed E-state index contributed by atoms with van der Waals surface area (Å²) >= 11 is 1.85. The van der Waals surface area contributed by atoms with Gasteiger partial charge >= 0.3 is 0 Å². The van der Waals surface area contributed by atoms with Crippen LogP contribution in [0.5, 0.6) is 0 Å². The summed E-state index contributed by atoms with van der Waals surface area (Å²) in [6.45, 7) is 0. The average molecular weight is 670 g/mol. The van der Waals surface area contributed by atoms with Crippen molar-refractivity contribution in [1.29, 1.82) is 0 Å². The third-order valence-electron chi connectivity index (χ3n) is 9.86. The van der Waals surface area contributed by atoms with Crippen molar-refractivity contribution in [2.24, 2.45) is 0 Å². The second-order valence-corrected chi connectivity index (χ2v) is 14.0. The molecule has 0 unspecified atom stereocenters. The number of rotatable bonds is 6. The Balaban J connectivity index is 1.22. The van der Waals surface area contributed by atoms with E-state index < -0.39 is 0 Å². The third-order valence-corrected chi connectivity index (χ3v) is 11.0. The third kappa shape index (κ3) is 5.10. The molecule has 10 aromatic rings. The van der Waals surface area contributed by atoms with Crippen molar-refractivity contribution in [1.82, 2.24) is 0 Å². The van der Waals surface area contributed by atoms with Crippen LogP contribution in [0.1, 0.15) is 0 Å². The average Bonchev–Trinajstić information content (AvgIpc) is 3.77. The monoisotopic (exact) mass is 669 g/mol. The van der Waals surface area contributed by atoms with Gasteiger partial charge in [0.2, 0.25) is 0 Å². The lowest BCUT2D eigenvalue weighted by Crippen LogP contribution is -2.10. The van der Waals surface area contributed by atoms with Gasteiger partial charge in [-0.25, -0.2) is 0 Å². The van der Waals surface area contributed by atoms with E-state index in [2.05, 4.69) is 193 Å². The smallest absolute Gasteiger partial charge is 0.145 e. The Bertz CT molecular complexity index is 2840. The zero-order valence-electron chi connectivity index (χ0n) is 27.7. The van der Waals surface area contributed by atoms with Crippen LogP contribution in [0, 0.1) is 0 Å². The van der Waals surface area contributed by atoms with Crippen molar-refractivity contribution < 1.29 is 4.42 Å². The summed E-state index contributed by atoms with van der Waals surface area (Å²) < 4.78 is 9.47. The molecule has 0 radical (unpaired) electrons. The highest BCUT2D eigenvalue weighted by Crippen LogP contribution is 2.48. The molecule has 0 N–H and O–H groups in total. The zero-order valence-corrected chi connectivity index (χ0v) is 28.5. The molecule has 0 saturated carbocycles. The SMILES string of the molecule is c1ccc(-c2ccc3c(c2)oc2c(-c4ccccc4)ccc(N(c4ccccc4)c4ccc5sc6ccc(-c7ccccc7)cc6c5c4)c23)cc1. The normalized spacial score (nSPS) is 11.5.